The molecule has 0 saturated heterocycles. The zero-order valence-corrected chi connectivity index (χ0v) is 15.4. The summed E-state index contributed by atoms with van der Waals surface area (Å²) in [5.41, 5.74) is 1.76. The van der Waals surface area contributed by atoms with Crippen LogP contribution in [-0.4, -0.2) is 15.9 Å². The number of benzene rings is 2. The average Bonchev–Trinajstić information content (AvgIpc) is 3.13. The number of carbonyl (C=O) groups is 1. The van der Waals surface area contributed by atoms with E-state index < -0.39 is 5.97 Å². The molecule has 27 heavy (non-hydrogen) atoms. The van der Waals surface area contributed by atoms with Crippen LogP contribution in [0.3, 0.4) is 0 Å². The summed E-state index contributed by atoms with van der Waals surface area (Å²) in [5, 5.41) is 3.67. The van der Waals surface area contributed by atoms with Crippen molar-refractivity contribution in [2.45, 2.75) is 6.42 Å². The van der Waals surface area contributed by atoms with Gasteiger partial charge in [-0.2, -0.15) is 0 Å². The van der Waals surface area contributed by atoms with Gasteiger partial charge in [0.1, 0.15) is 16.3 Å². The van der Waals surface area contributed by atoms with Crippen molar-refractivity contribution in [3.63, 3.8) is 0 Å². The highest BCUT2D eigenvalue weighted by molar-refractivity contribution is 7.13. The fraction of sp³-hybridized carbons (Fsp3) is 0.0500. The predicted octanol–water partition coefficient (Wildman–Crippen LogP) is 5.30. The van der Waals surface area contributed by atoms with E-state index in [1.54, 1.807) is 41.9 Å². The smallest absolute Gasteiger partial charge is 0.317 e. The molecule has 4 nitrogen and oxygen atoms in total. The Morgan fingerprint density at radius 2 is 2.07 bits per heavy atom. The van der Waals surface area contributed by atoms with Gasteiger partial charge in [-0.1, -0.05) is 23.7 Å². The fourth-order valence-corrected chi connectivity index (χ4v) is 3.68. The van der Waals surface area contributed by atoms with Crippen LogP contribution < -0.4 is 4.74 Å². The van der Waals surface area contributed by atoms with E-state index in [1.807, 2.05) is 6.07 Å². The Balaban J connectivity index is 1.52. The largest absolute Gasteiger partial charge is 0.424 e. The second-order valence-electron chi connectivity index (χ2n) is 5.75. The maximum atomic E-state index is 13.4. The van der Waals surface area contributed by atoms with Crippen molar-refractivity contribution in [1.29, 1.82) is 0 Å². The highest BCUT2D eigenvalue weighted by Crippen LogP contribution is 2.30. The molecule has 7 heteroatoms. The number of pyridine rings is 1. The van der Waals surface area contributed by atoms with Gasteiger partial charge in [0.25, 0.3) is 0 Å². The second kappa shape index (κ2) is 7.42. The van der Waals surface area contributed by atoms with E-state index >= 15 is 0 Å². The van der Waals surface area contributed by atoms with Crippen molar-refractivity contribution in [2.24, 2.45) is 0 Å². The lowest BCUT2D eigenvalue weighted by Crippen LogP contribution is -2.12. The van der Waals surface area contributed by atoms with Crippen LogP contribution in [0.2, 0.25) is 5.02 Å². The maximum absolute atomic E-state index is 13.4. The molecule has 0 fully saturated rings. The van der Waals surface area contributed by atoms with Gasteiger partial charge in [0.15, 0.2) is 5.75 Å². The van der Waals surface area contributed by atoms with Crippen LogP contribution in [0.25, 0.3) is 21.5 Å². The maximum Gasteiger partial charge on any atom is 0.317 e. The molecule has 0 spiro atoms. The molecule has 134 valence electrons. The zero-order valence-electron chi connectivity index (χ0n) is 13.9. The number of halogens is 2. The number of nitrogens with zero attached hydrogens (tertiary/aromatic N) is 2. The molecule has 0 amide bonds. The summed E-state index contributed by atoms with van der Waals surface area (Å²) < 4.78 is 18.8. The van der Waals surface area contributed by atoms with E-state index in [-0.39, 0.29) is 12.2 Å². The normalized spacial score (nSPS) is 10.9. The highest BCUT2D eigenvalue weighted by atomic mass is 35.5. The van der Waals surface area contributed by atoms with E-state index in [1.165, 1.54) is 23.5 Å². The van der Waals surface area contributed by atoms with Gasteiger partial charge in [0, 0.05) is 22.5 Å². The average molecular weight is 399 g/mol. The Kier molecular flexibility index (Phi) is 4.83. The van der Waals surface area contributed by atoms with Crippen LogP contribution in [0.4, 0.5) is 4.39 Å². The van der Waals surface area contributed by atoms with Crippen LogP contribution in [-0.2, 0) is 11.2 Å². The Morgan fingerprint density at radius 3 is 2.93 bits per heavy atom. The predicted molar refractivity (Wildman–Crippen MR) is 104 cm³/mol. The third kappa shape index (κ3) is 3.82. The van der Waals surface area contributed by atoms with Crippen LogP contribution in [0.5, 0.6) is 5.75 Å². The van der Waals surface area contributed by atoms with Crippen molar-refractivity contribution < 1.29 is 13.9 Å². The number of aromatic nitrogens is 2. The van der Waals surface area contributed by atoms with Crippen molar-refractivity contribution >= 4 is 39.8 Å². The quantitative estimate of drug-likeness (QED) is 0.346. The summed E-state index contributed by atoms with van der Waals surface area (Å²) in [6.45, 7) is 0. The van der Waals surface area contributed by atoms with Crippen LogP contribution >= 0.6 is 22.9 Å². The van der Waals surface area contributed by atoms with Crippen molar-refractivity contribution in [2.75, 3.05) is 0 Å². The molecule has 0 unspecified atom stereocenters. The van der Waals surface area contributed by atoms with Gasteiger partial charge in [0.2, 0.25) is 0 Å². The number of rotatable bonds is 4. The number of hydrogen-bond donors (Lipinski definition) is 0. The third-order valence-corrected chi connectivity index (χ3v) is 5.12. The monoisotopic (exact) mass is 398 g/mol. The van der Waals surface area contributed by atoms with Crippen molar-refractivity contribution in [3.8, 4) is 16.3 Å². The molecule has 2 aromatic heterocycles. The molecular formula is C20H12ClFN2O2S. The van der Waals surface area contributed by atoms with Gasteiger partial charge in [-0.05, 0) is 36.4 Å². The fourth-order valence-electron chi connectivity index (χ4n) is 2.64. The molecule has 2 heterocycles. The number of thiazole rings is 1. The van der Waals surface area contributed by atoms with Crippen LogP contribution in [0, 0.1) is 5.82 Å². The molecule has 0 radical (unpaired) electrons. The third-order valence-electron chi connectivity index (χ3n) is 3.85. The molecule has 4 aromatic rings. The molecule has 0 aliphatic rings. The first-order valence-electron chi connectivity index (χ1n) is 8.04. The lowest BCUT2D eigenvalue weighted by Gasteiger charge is -2.07. The minimum absolute atomic E-state index is 0.00275. The van der Waals surface area contributed by atoms with E-state index in [0.717, 1.165) is 0 Å². The number of fused-ring (bicyclic) bond motifs is 1. The summed E-state index contributed by atoms with van der Waals surface area (Å²) in [6.07, 6.45) is 1.62. The second-order valence-corrected chi connectivity index (χ2v) is 7.02. The summed E-state index contributed by atoms with van der Waals surface area (Å²) >= 11 is 7.50. The highest BCUT2D eigenvalue weighted by Gasteiger charge is 2.14. The summed E-state index contributed by atoms with van der Waals surface area (Å²) in [5.74, 6) is -0.438. The molecule has 4 rings (SSSR count). The minimum Gasteiger partial charge on any atom is -0.424 e. The first-order chi connectivity index (χ1) is 13.1. The molecular weight excluding hydrogens is 387 g/mol. The van der Waals surface area contributed by atoms with Crippen LogP contribution in [0.1, 0.15) is 5.69 Å². The molecule has 0 N–H and O–H groups in total. The molecule has 0 saturated carbocycles. The van der Waals surface area contributed by atoms with E-state index in [4.69, 9.17) is 16.3 Å². The molecule has 0 bridgehead atoms. The van der Waals surface area contributed by atoms with Crippen molar-refractivity contribution in [3.05, 3.63) is 76.6 Å². The van der Waals surface area contributed by atoms with Crippen LogP contribution in [0.15, 0.2) is 60.1 Å². The molecule has 0 aliphatic carbocycles. The zero-order chi connectivity index (χ0) is 18.8. The van der Waals surface area contributed by atoms with E-state index in [2.05, 4.69) is 9.97 Å². The lowest BCUT2D eigenvalue weighted by atomic mass is 10.2. The van der Waals surface area contributed by atoms with Crippen molar-refractivity contribution in [1.82, 2.24) is 9.97 Å². The summed E-state index contributed by atoms with van der Waals surface area (Å²) in [4.78, 5) is 21.0. The SMILES string of the molecule is O=C(Cc1csc(-c2cccc(F)c2)n1)Oc1ccc(Cl)c2cccnc12. The molecule has 0 atom stereocenters. The number of carbonyl (C=O) groups excluding carboxylic acids is 1. The van der Waals surface area contributed by atoms with Gasteiger partial charge in [-0.15, -0.1) is 11.3 Å². The van der Waals surface area contributed by atoms with E-state index in [9.17, 15) is 9.18 Å². The lowest BCUT2D eigenvalue weighted by molar-refractivity contribution is -0.133. The Morgan fingerprint density at radius 1 is 1.19 bits per heavy atom. The minimum atomic E-state index is -0.458. The van der Waals surface area contributed by atoms with Gasteiger partial charge < -0.3 is 4.74 Å². The molecule has 0 aliphatic heterocycles. The topological polar surface area (TPSA) is 52.1 Å². The first kappa shape index (κ1) is 17.6. The summed E-state index contributed by atoms with van der Waals surface area (Å²) in [6, 6.07) is 13.0. The number of esters is 1. The summed E-state index contributed by atoms with van der Waals surface area (Å²) in [7, 11) is 0. The standard InChI is InChI=1S/C20H12ClFN2O2S/c21-16-6-7-17(19-15(16)5-2-8-23-19)26-18(25)10-14-11-27-20(24-14)12-3-1-4-13(22)9-12/h1-9,11H,10H2. The Bertz CT molecular complexity index is 1150. The van der Waals surface area contributed by atoms with Gasteiger partial charge in [-0.3, -0.25) is 9.78 Å². The molecule has 2 aromatic carbocycles. The number of ether oxygens (including phenoxy) is 1. The Hall–Kier alpha value is -2.83. The number of hydrogen-bond acceptors (Lipinski definition) is 5. The first-order valence-corrected chi connectivity index (χ1v) is 9.30. The van der Waals surface area contributed by atoms with Gasteiger partial charge in [-0.25, -0.2) is 9.37 Å². The van der Waals surface area contributed by atoms with E-state index in [0.29, 0.717) is 37.9 Å². The van der Waals surface area contributed by atoms with Gasteiger partial charge >= 0.3 is 5.97 Å². The van der Waals surface area contributed by atoms with Gasteiger partial charge in [0.05, 0.1) is 17.1 Å². The Labute approximate surface area is 163 Å².